The minimum atomic E-state index is -0.988. The van der Waals surface area contributed by atoms with E-state index < -0.39 is 12.0 Å². The molecule has 1 aromatic carbocycles. The average molecular weight is 276 g/mol. The molecule has 1 aromatic rings. The van der Waals surface area contributed by atoms with Crippen molar-refractivity contribution in [2.45, 2.75) is 26.3 Å². The number of anilines is 1. The molecule has 1 aliphatic heterocycles. The first-order valence-corrected chi connectivity index (χ1v) is 6.84. The van der Waals surface area contributed by atoms with E-state index >= 15 is 0 Å². The van der Waals surface area contributed by atoms with Gasteiger partial charge in [-0.3, -0.25) is 4.79 Å². The van der Waals surface area contributed by atoms with Crippen molar-refractivity contribution < 1.29 is 14.7 Å². The molecule has 2 atom stereocenters. The molecule has 0 aliphatic carbocycles. The van der Waals surface area contributed by atoms with E-state index in [0.717, 1.165) is 11.3 Å². The number of benzene rings is 1. The normalized spacial score (nSPS) is 18.9. The first-order chi connectivity index (χ1) is 9.49. The van der Waals surface area contributed by atoms with Crippen LogP contribution in [0.25, 0.3) is 0 Å². The summed E-state index contributed by atoms with van der Waals surface area (Å²) in [5.74, 6) is -1.56. The minimum Gasteiger partial charge on any atom is -0.480 e. The maximum absolute atomic E-state index is 12.2. The van der Waals surface area contributed by atoms with Gasteiger partial charge in [-0.25, -0.2) is 4.79 Å². The molecule has 3 N–H and O–H groups in total. The van der Waals surface area contributed by atoms with E-state index in [-0.39, 0.29) is 17.7 Å². The van der Waals surface area contributed by atoms with Crippen LogP contribution in [0.3, 0.4) is 0 Å². The summed E-state index contributed by atoms with van der Waals surface area (Å²) < 4.78 is 0. The summed E-state index contributed by atoms with van der Waals surface area (Å²) in [6.07, 6.45) is 0.638. The van der Waals surface area contributed by atoms with E-state index in [4.69, 9.17) is 5.11 Å². The number of hydrogen-bond donors (Lipinski definition) is 3. The van der Waals surface area contributed by atoms with Gasteiger partial charge in [-0.15, -0.1) is 0 Å². The van der Waals surface area contributed by atoms with Gasteiger partial charge in [0.1, 0.15) is 6.04 Å². The zero-order valence-corrected chi connectivity index (χ0v) is 11.7. The SMILES string of the molecule is CC(C)[C@H](NC(=O)C1CNc2ccccc2C1)C(=O)O. The molecule has 0 fully saturated rings. The zero-order chi connectivity index (χ0) is 14.7. The molecule has 0 bridgehead atoms. The van der Waals surface area contributed by atoms with Gasteiger partial charge >= 0.3 is 5.97 Å². The summed E-state index contributed by atoms with van der Waals surface area (Å²) in [5, 5.41) is 15.0. The second-order valence-electron chi connectivity index (χ2n) is 5.51. The van der Waals surface area contributed by atoms with Gasteiger partial charge in [-0.2, -0.15) is 0 Å². The van der Waals surface area contributed by atoms with Crippen molar-refractivity contribution in [1.82, 2.24) is 5.32 Å². The van der Waals surface area contributed by atoms with Gasteiger partial charge in [0.2, 0.25) is 5.91 Å². The summed E-state index contributed by atoms with van der Waals surface area (Å²) in [6.45, 7) is 4.11. The van der Waals surface area contributed by atoms with Crippen LogP contribution in [0.5, 0.6) is 0 Å². The third-order valence-electron chi connectivity index (χ3n) is 3.62. The number of para-hydroxylation sites is 1. The Morgan fingerprint density at radius 3 is 2.70 bits per heavy atom. The van der Waals surface area contributed by atoms with Crippen molar-refractivity contribution in [3.63, 3.8) is 0 Å². The van der Waals surface area contributed by atoms with Crippen LogP contribution in [-0.4, -0.2) is 29.6 Å². The number of carboxylic acids is 1. The number of aliphatic carboxylic acids is 1. The van der Waals surface area contributed by atoms with Crippen LogP contribution in [-0.2, 0) is 16.0 Å². The lowest BCUT2D eigenvalue weighted by molar-refractivity contribution is -0.143. The van der Waals surface area contributed by atoms with Crippen molar-refractivity contribution in [3.8, 4) is 0 Å². The zero-order valence-electron chi connectivity index (χ0n) is 11.7. The Bertz CT molecular complexity index is 514. The molecule has 0 spiro atoms. The van der Waals surface area contributed by atoms with E-state index in [1.165, 1.54) is 0 Å². The predicted molar refractivity (Wildman–Crippen MR) is 76.5 cm³/mol. The molecule has 1 unspecified atom stereocenters. The van der Waals surface area contributed by atoms with Crippen molar-refractivity contribution in [2.24, 2.45) is 11.8 Å². The lowest BCUT2D eigenvalue weighted by Crippen LogP contribution is -2.48. The highest BCUT2D eigenvalue weighted by Crippen LogP contribution is 2.24. The van der Waals surface area contributed by atoms with Gasteiger partial charge in [0.15, 0.2) is 0 Å². The van der Waals surface area contributed by atoms with Crippen LogP contribution >= 0.6 is 0 Å². The number of nitrogens with one attached hydrogen (secondary N) is 2. The summed E-state index contributed by atoms with van der Waals surface area (Å²) in [7, 11) is 0. The molecular weight excluding hydrogens is 256 g/mol. The highest BCUT2D eigenvalue weighted by Gasteiger charge is 2.29. The largest absolute Gasteiger partial charge is 0.480 e. The summed E-state index contributed by atoms with van der Waals surface area (Å²) in [6, 6.07) is 7.02. The molecule has 2 rings (SSSR count). The monoisotopic (exact) mass is 276 g/mol. The van der Waals surface area contributed by atoms with E-state index in [1.807, 2.05) is 24.3 Å². The minimum absolute atomic E-state index is 0.139. The molecule has 1 amide bonds. The standard InChI is InChI=1S/C15H20N2O3/c1-9(2)13(15(19)20)17-14(18)11-7-10-5-3-4-6-12(10)16-8-11/h3-6,9,11,13,16H,7-8H2,1-2H3,(H,17,18)(H,19,20)/t11?,13-/m0/s1. The predicted octanol–water partition coefficient (Wildman–Crippen LogP) is 1.50. The highest BCUT2D eigenvalue weighted by atomic mass is 16.4. The quantitative estimate of drug-likeness (QED) is 0.778. The van der Waals surface area contributed by atoms with E-state index in [2.05, 4.69) is 10.6 Å². The maximum atomic E-state index is 12.2. The number of hydrogen-bond acceptors (Lipinski definition) is 3. The molecule has 0 aromatic heterocycles. The molecule has 1 heterocycles. The van der Waals surface area contributed by atoms with Crippen molar-refractivity contribution in [2.75, 3.05) is 11.9 Å². The highest BCUT2D eigenvalue weighted by molar-refractivity contribution is 5.86. The lowest BCUT2D eigenvalue weighted by Gasteiger charge is -2.27. The van der Waals surface area contributed by atoms with Crippen LogP contribution in [0.2, 0.25) is 0 Å². The Labute approximate surface area is 118 Å². The Morgan fingerprint density at radius 1 is 1.35 bits per heavy atom. The van der Waals surface area contributed by atoms with E-state index in [0.29, 0.717) is 13.0 Å². The molecule has 0 saturated carbocycles. The number of carbonyl (C=O) groups excluding carboxylic acids is 1. The Balaban J connectivity index is 2.03. The van der Waals surface area contributed by atoms with E-state index in [1.54, 1.807) is 13.8 Å². The smallest absolute Gasteiger partial charge is 0.326 e. The van der Waals surface area contributed by atoms with E-state index in [9.17, 15) is 9.59 Å². The number of carbonyl (C=O) groups is 2. The maximum Gasteiger partial charge on any atom is 0.326 e. The van der Waals surface area contributed by atoms with Crippen molar-refractivity contribution in [3.05, 3.63) is 29.8 Å². The Hall–Kier alpha value is -2.04. The van der Waals surface area contributed by atoms with Crippen molar-refractivity contribution >= 4 is 17.6 Å². The van der Waals surface area contributed by atoms with Crippen LogP contribution in [0.15, 0.2) is 24.3 Å². The molecule has 0 saturated heterocycles. The topological polar surface area (TPSA) is 78.4 Å². The summed E-state index contributed by atoms with van der Waals surface area (Å²) in [4.78, 5) is 23.3. The number of amides is 1. The molecular formula is C15H20N2O3. The first kappa shape index (κ1) is 14.4. The van der Waals surface area contributed by atoms with Crippen LogP contribution in [0.1, 0.15) is 19.4 Å². The molecule has 108 valence electrons. The molecule has 5 heteroatoms. The Kier molecular flexibility index (Phi) is 4.27. The van der Waals surface area contributed by atoms with Gasteiger partial charge in [-0.05, 0) is 24.0 Å². The van der Waals surface area contributed by atoms with Gasteiger partial charge in [-0.1, -0.05) is 32.0 Å². The number of carboxylic acid groups (broad SMARTS) is 1. The van der Waals surface area contributed by atoms with Gasteiger partial charge < -0.3 is 15.7 Å². The number of fused-ring (bicyclic) bond motifs is 1. The fraction of sp³-hybridized carbons (Fsp3) is 0.467. The molecule has 0 radical (unpaired) electrons. The molecule has 5 nitrogen and oxygen atoms in total. The second-order valence-corrected chi connectivity index (χ2v) is 5.51. The van der Waals surface area contributed by atoms with Crippen LogP contribution in [0, 0.1) is 11.8 Å². The Morgan fingerprint density at radius 2 is 2.05 bits per heavy atom. The fourth-order valence-electron chi connectivity index (χ4n) is 2.41. The average Bonchev–Trinajstić information content (AvgIpc) is 2.43. The summed E-state index contributed by atoms with van der Waals surface area (Å²) in [5.41, 5.74) is 2.14. The van der Waals surface area contributed by atoms with Gasteiger partial charge in [0.05, 0.1) is 5.92 Å². The summed E-state index contributed by atoms with van der Waals surface area (Å²) >= 11 is 0. The van der Waals surface area contributed by atoms with Crippen molar-refractivity contribution in [1.29, 1.82) is 0 Å². The third kappa shape index (κ3) is 3.10. The fourth-order valence-corrected chi connectivity index (χ4v) is 2.41. The lowest BCUT2D eigenvalue weighted by atomic mass is 9.92. The van der Waals surface area contributed by atoms with Gasteiger partial charge in [0, 0.05) is 12.2 Å². The second kappa shape index (κ2) is 5.94. The molecule has 1 aliphatic rings. The molecule has 20 heavy (non-hydrogen) atoms. The first-order valence-electron chi connectivity index (χ1n) is 6.84. The number of rotatable bonds is 4. The van der Waals surface area contributed by atoms with Crippen LogP contribution < -0.4 is 10.6 Å². The van der Waals surface area contributed by atoms with Gasteiger partial charge in [0.25, 0.3) is 0 Å². The van der Waals surface area contributed by atoms with Crippen LogP contribution in [0.4, 0.5) is 5.69 Å². The third-order valence-corrected chi connectivity index (χ3v) is 3.62.